The summed E-state index contributed by atoms with van der Waals surface area (Å²) in [4.78, 5) is 26.3. The zero-order chi connectivity index (χ0) is 16.8. The third kappa shape index (κ3) is 4.83. The molecule has 1 heterocycles. The fourth-order valence-corrected chi connectivity index (χ4v) is 2.92. The molecular weight excluding hydrogens is 339 g/mol. The number of rotatable bonds is 5. The van der Waals surface area contributed by atoms with Crippen LogP contribution in [0.2, 0.25) is 10.0 Å². The van der Waals surface area contributed by atoms with Crippen LogP contribution in [-0.4, -0.2) is 48.1 Å². The van der Waals surface area contributed by atoms with Gasteiger partial charge in [0.1, 0.15) is 0 Å². The van der Waals surface area contributed by atoms with Gasteiger partial charge in [0.05, 0.1) is 16.0 Å². The van der Waals surface area contributed by atoms with Crippen molar-refractivity contribution in [3.63, 3.8) is 0 Å². The summed E-state index contributed by atoms with van der Waals surface area (Å²) in [6, 6.07) is 4.79. The molecule has 1 unspecified atom stereocenters. The Balaban J connectivity index is 1.98. The minimum Gasteiger partial charge on any atom is -0.396 e. The minimum absolute atomic E-state index is 0.0485. The quantitative estimate of drug-likeness (QED) is 0.793. The Morgan fingerprint density at radius 1 is 1.30 bits per heavy atom. The lowest BCUT2D eigenvalue weighted by molar-refractivity contribution is -0.126. The second-order valence-corrected chi connectivity index (χ2v) is 6.40. The first kappa shape index (κ1) is 18.0. The largest absolute Gasteiger partial charge is 0.396 e. The van der Waals surface area contributed by atoms with Crippen LogP contribution in [0.3, 0.4) is 0 Å². The van der Waals surface area contributed by atoms with Crippen LogP contribution in [0.25, 0.3) is 0 Å². The van der Waals surface area contributed by atoms with E-state index in [4.69, 9.17) is 28.3 Å². The molecule has 7 heteroatoms. The van der Waals surface area contributed by atoms with Gasteiger partial charge >= 0.3 is 0 Å². The number of carbonyl (C=O) groups excluding carboxylic acids is 2. The van der Waals surface area contributed by atoms with Crippen molar-refractivity contribution in [1.82, 2.24) is 10.2 Å². The van der Waals surface area contributed by atoms with Gasteiger partial charge in [0, 0.05) is 31.8 Å². The maximum absolute atomic E-state index is 12.6. The average molecular weight is 359 g/mol. The van der Waals surface area contributed by atoms with E-state index in [0.717, 1.165) is 12.8 Å². The number of aliphatic hydroxyl groups excluding tert-OH is 1. The highest BCUT2D eigenvalue weighted by Crippen LogP contribution is 2.25. The molecule has 1 aliphatic heterocycles. The zero-order valence-electron chi connectivity index (χ0n) is 12.7. The first-order chi connectivity index (χ1) is 11.0. The van der Waals surface area contributed by atoms with Crippen LogP contribution < -0.4 is 5.32 Å². The second-order valence-electron chi connectivity index (χ2n) is 5.59. The summed E-state index contributed by atoms with van der Waals surface area (Å²) in [5.41, 5.74) is 0.473. The van der Waals surface area contributed by atoms with Crippen molar-refractivity contribution in [2.45, 2.75) is 19.3 Å². The SMILES string of the molecule is O=C(NCCCO)C1CCCN(C(=O)c2ccc(Cl)c(Cl)c2)C1. The Morgan fingerprint density at radius 3 is 2.78 bits per heavy atom. The number of hydrogen-bond donors (Lipinski definition) is 2. The molecule has 1 saturated heterocycles. The number of piperidine rings is 1. The molecule has 2 amide bonds. The summed E-state index contributed by atoms with van der Waals surface area (Å²) in [5.74, 6) is -0.421. The number of nitrogens with one attached hydrogen (secondary N) is 1. The molecule has 1 fully saturated rings. The monoisotopic (exact) mass is 358 g/mol. The molecule has 0 radical (unpaired) electrons. The first-order valence-electron chi connectivity index (χ1n) is 7.66. The van der Waals surface area contributed by atoms with Gasteiger partial charge in [-0.25, -0.2) is 0 Å². The van der Waals surface area contributed by atoms with E-state index in [2.05, 4.69) is 5.32 Å². The fraction of sp³-hybridized carbons (Fsp3) is 0.500. The molecule has 0 spiro atoms. The number of nitrogens with zero attached hydrogens (tertiary/aromatic N) is 1. The molecule has 2 rings (SSSR count). The molecule has 23 heavy (non-hydrogen) atoms. The topological polar surface area (TPSA) is 69.6 Å². The van der Waals surface area contributed by atoms with E-state index >= 15 is 0 Å². The summed E-state index contributed by atoms with van der Waals surface area (Å²) in [6.45, 7) is 1.52. The van der Waals surface area contributed by atoms with Crippen LogP contribution in [0.1, 0.15) is 29.6 Å². The third-order valence-electron chi connectivity index (χ3n) is 3.88. The van der Waals surface area contributed by atoms with Crippen LogP contribution in [-0.2, 0) is 4.79 Å². The molecule has 1 aliphatic rings. The van der Waals surface area contributed by atoms with E-state index in [-0.39, 0.29) is 24.3 Å². The van der Waals surface area contributed by atoms with Crippen molar-refractivity contribution >= 4 is 35.0 Å². The lowest BCUT2D eigenvalue weighted by Gasteiger charge is -2.32. The van der Waals surface area contributed by atoms with Gasteiger partial charge in [-0.1, -0.05) is 23.2 Å². The third-order valence-corrected chi connectivity index (χ3v) is 4.62. The highest BCUT2D eigenvalue weighted by atomic mass is 35.5. The van der Waals surface area contributed by atoms with Gasteiger partial charge < -0.3 is 15.3 Å². The van der Waals surface area contributed by atoms with Crippen LogP contribution in [0.4, 0.5) is 0 Å². The molecular formula is C16H20Cl2N2O3. The molecule has 5 nitrogen and oxygen atoms in total. The molecule has 0 aliphatic carbocycles. The van der Waals surface area contributed by atoms with Crippen LogP contribution >= 0.6 is 23.2 Å². The first-order valence-corrected chi connectivity index (χ1v) is 8.41. The van der Waals surface area contributed by atoms with Gasteiger partial charge in [0.25, 0.3) is 5.91 Å². The average Bonchev–Trinajstić information content (AvgIpc) is 2.57. The number of aliphatic hydroxyl groups is 1. The van der Waals surface area contributed by atoms with Gasteiger partial charge in [0.2, 0.25) is 5.91 Å². The summed E-state index contributed by atoms with van der Waals surface area (Å²) >= 11 is 11.8. The number of likely N-dealkylation sites (tertiary alicyclic amines) is 1. The lowest BCUT2D eigenvalue weighted by atomic mass is 9.96. The molecule has 1 atom stereocenters. The smallest absolute Gasteiger partial charge is 0.253 e. The van der Waals surface area contributed by atoms with Crippen molar-refractivity contribution in [3.8, 4) is 0 Å². The Kier molecular flexibility index (Phi) is 6.69. The van der Waals surface area contributed by atoms with Gasteiger partial charge in [-0.15, -0.1) is 0 Å². The Bertz CT molecular complexity index is 580. The minimum atomic E-state index is -0.214. The van der Waals surface area contributed by atoms with Crippen molar-refractivity contribution in [2.24, 2.45) is 5.92 Å². The number of hydrogen-bond acceptors (Lipinski definition) is 3. The molecule has 0 saturated carbocycles. The zero-order valence-corrected chi connectivity index (χ0v) is 14.2. The Hall–Kier alpha value is -1.30. The van der Waals surface area contributed by atoms with Gasteiger partial charge in [-0.05, 0) is 37.5 Å². The van der Waals surface area contributed by atoms with E-state index in [1.54, 1.807) is 23.1 Å². The van der Waals surface area contributed by atoms with E-state index in [9.17, 15) is 9.59 Å². The second kappa shape index (κ2) is 8.52. The van der Waals surface area contributed by atoms with Crippen molar-refractivity contribution in [3.05, 3.63) is 33.8 Å². The maximum Gasteiger partial charge on any atom is 0.253 e. The van der Waals surface area contributed by atoms with Crippen molar-refractivity contribution in [2.75, 3.05) is 26.2 Å². The molecule has 2 N–H and O–H groups in total. The predicted octanol–water partition coefficient (Wildman–Crippen LogP) is 2.34. The summed E-state index contributed by atoms with van der Waals surface area (Å²) in [7, 11) is 0. The highest BCUT2D eigenvalue weighted by molar-refractivity contribution is 6.42. The number of amides is 2. The molecule has 126 valence electrons. The summed E-state index contributed by atoms with van der Waals surface area (Å²) in [6.07, 6.45) is 2.08. The van der Waals surface area contributed by atoms with Crippen molar-refractivity contribution < 1.29 is 14.7 Å². The fourth-order valence-electron chi connectivity index (χ4n) is 2.62. The molecule has 0 bridgehead atoms. The number of halogens is 2. The normalized spacial score (nSPS) is 17.9. The van der Waals surface area contributed by atoms with Crippen LogP contribution in [0, 0.1) is 5.92 Å². The number of benzene rings is 1. The van der Waals surface area contributed by atoms with Crippen LogP contribution in [0.5, 0.6) is 0 Å². The van der Waals surface area contributed by atoms with E-state index in [1.165, 1.54) is 0 Å². The van der Waals surface area contributed by atoms with Gasteiger partial charge in [-0.2, -0.15) is 0 Å². The lowest BCUT2D eigenvalue weighted by Crippen LogP contribution is -2.45. The summed E-state index contributed by atoms with van der Waals surface area (Å²) < 4.78 is 0. The van der Waals surface area contributed by atoms with Crippen LogP contribution in [0.15, 0.2) is 18.2 Å². The predicted molar refractivity (Wildman–Crippen MR) is 89.8 cm³/mol. The van der Waals surface area contributed by atoms with Gasteiger partial charge in [-0.3, -0.25) is 9.59 Å². The van der Waals surface area contributed by atoms with Gasteiger partial charge in [0.15, 0.2) is 0 Å². The Labute approximate surface area is 145 Å². The highest BCUT2D eigenvalue weighted by Gasteiger charge is 2.28. The van der Waals surface area contributed by atoms with E-state index in [0.29, 0.717) is 41.7 Å². The standard InChI is InChI=1S/C16H20Cl2N2O3/c17-13-5-4-11(9-14(13)18)16(23)20-7-1-3-12(10-20)15(22)19-6-2-8-21/h4-5,9,12,21H,1-3,6-8,10H2,(H,19,22). The van der Waals surface area contributed by atoms with E-state index in [1.807, 2.05) is 0 Å². The van der Waals surface area contributed by atoms with E-state index < -0.39 is 0 Å². The number of carbonyl (C=O) groups is 2. The molecule has 1 aromatic rings. The van der Waals surface area contributed by atoms with Crippen molar-refractivity contribution in [1.29, 1.82) is 0 Å². The summed E-state index contributed by atoms with van der Waals surface area (Å²) in [5, 5.41) is 12.3. The maximum atomic E-state index is 12.6. The molecule has 0 aromatic heterocycles. The molecule has 1 aromatic carbocycles. The Morgan fingerprint density at radius 2 is 2.09 bits per heavy atom.